The summed E-state index contributed by atoms with van der Waals surface area (Å²) in [6, 6.07) is 0.520. The van der Waals surface area contributed by atoms with Crippen molar-refractivity contribution in [3.8, 4) is 0 Å². The van der Waals surface area contributed by atoms with Crippen molar-refractivity contribution in [3.63, 3.8) is 0 Å². The molecule has 0 saturated heterocycles. The van der Waals surface area contributed by atoms with Crippen LogP contribution in [0.3, 0.4) is 0 Å². The third-order valence-electron chi connectivity index (χ3n) is 2.98. The number of hydrogen-bond acceptors (Lipinski definition) is 3. The molecular weight excluding hydrogens is 228 g/mol. The molecule has 0 amide bonds. The van der Waals surface area contributed by atoms with E-state index in [1.165, 1.54) is 10.7 Å². The van der Waals surface area contributed by atoms with E-state index in [1.54, 1.807) is 0 Å². The molecule has 0 aliphatic rings. The zero-order valence-electron chi connectivity index (χ0n) is 11.9. The molecule has 0 aromatic carbocycles. The summed E-state index contributed by atoms with van der Waals surface area (Å²) in [5, 5.41) is 6.91. The second kappa shape index (κ2) is 6.50. The summed E-state index contributed by atoms with van der Waals surface area (Å²) in [6.45, 7) is 14.4. The molecule has 17 heavy (non-hydrogen) atoms. The van der Waals surface area contributed by atoms with Gasteiger partial charge in [0.25, 0.3) is 0 Å². The molecule has 0 spiro atoms. The minimum atomic E-state index is 0.520. The first kappa shape index (κ1) is 14.7. The van der Waals surface area contributed by atoms with Crippen LogP contribution < -0.4 is 5.32 Å². The van der Waals surface area contributed by atoms with Gasteiger partial charge in [0.15, 0.2) is 0 Å². The lowest BCUT2D eigenvalue weighted by molar-refractivity contribution is 0.386. The average Bonchev–Trinajstić information content (AvgIpc) is 2.62. The molecule has 1 rings (SSSR count). The molecule has 0 fully saturated rings. The van der Waals surface area contributed by atoms with Gasteiger partial charge in [0, 0.05) is 23.9 Å². The Balaban J connectivity index is 2.71. The van der Waals surface area contributed by atoms with Crippen molar-refractivity contribution in [1.82, 2.24) is 10.3 Å². The second-order valence-corrected chi connectivity index (χ2v) is 6.62. The van der Waals surface area contributed by atoms with E-state index >= 15 is 0 Å². The Morgan fingerprint density at radius 1 is 1.12 bits per heavy atom. The van der Waals surface area contributed by atoms with E-state index in [1.807, 2.05) is 11.3 Å². The number of rotatable bonds is 6. The zero-order chi connectivity index (χ0) is 13.0. The Kier molecular flexibility index (Phi) is 5.60. The fraction of sp³-hybridized carbons (Fsp3) is 0.786. The molecule has 1 heterocycles. The molecule has 0 radical (unpaired) electrons. The first-order chi connectivity index (χ1) is 7.91. The highest BCUT2D eigenvalue weighted by Gasteiger charge is 2.22. The lowest BCUT2D eigenvalue weighted by Gasteiger charge is -2.22. The molecule has 0 aliphatic carbocycles. The van der Waals surface area contributed by atoms with Crippen LogP contribution in [0.2, 0.25) is 0 Å². The van der Waals surface area contributed by atoms with Gasteiger partial charge in [-0.25, -0.2) is 4.98 Å². The monoisotopic (exact) mass is 254 g/mol. The van der Waals surface area contributed by atoms with Crippen LogP contribution in [-0.4, -0.2) is 11.0 Å². The molecule has 3 heteroatoms. The number of thiazole rings is 1. The van der Waals surface area contributed by atoms with Crippen LogP contribution in [0.15, 0.2) is 5.38 Å². The number of nitrogens with zero attached hydrogens (tertiary/aromatic N) is 1. The van der Waals surface area contributed by atoms with Crippen molar-refractivity contribution in [2.75, 3.05) is 0 Å². The van der Waals surface area contributed by atoms with E-state index in [4.69, 9.17) is 4.98 Å². The standard InChI is InChI=1S/C14H26N2S/c1-9(2)13(10(3)4)14-16-12(8-17-14)7-15-11(5)6/h8-11,13,15H,7H2,1-6H3. The van der Waals surface area contributed by atoms with Crippen LogP contribution in [0.5, 0.6) is 0 Å². The molecule has 2 nitrogen and oxygen atoms in total. The Labute approximate surface area is 110 Å². The summed E-state index contributed by atoms with van der Waals surface area (Å²) in [7, 11) is 0. The van der Waals surface area contributed by atoms with Gasteiger partial charge in [0.2, 0.25) is 0 Å². The highest BCUT2D eigenvalue weighted by atomic mass is 32.1. The largest absolute Gasteiger partial charge is 0.309 e. The molecule has 98 valence electrons. The van der Waals surface area contributed by atoms with E-state index in [2.05, 4.69) is 52.2 Å². The Morgan fingerprint density at radius 3 is 2.18 bits per heavy atom. The molecule has 0 atom stereocenters. The van der Waals surface area contributed by atoms with Gasteiger partial charge in [-0.15, -0.1) is 11.3 Å². The van der Waals surface area contributed by atoms with E-state index in [0.717, 1.165) is 6.54 Å². The normalized spacial score (nSPS) is 12.4. The molecule has 0 saturated carbocycles. The Hall–Kier alpha value is -0.410. The van der Waals surface area contributed by atoms with Crippen LogP contribution in [0.4, 0.5) is 0 Å². The molecule has 0 aliphatic heterocycles. The third kappa shape index (κ3) is 4.40. The smallest absolute Gasteiger partial charge is 0.0964 e. The molecule has 1 aromatic heterocycles. The predicted octanol–water partition coefficient (Wildman–Crippen LogP) is 4.04. The number of hydrogen-bond donors (Lipinski definition) is 1. The lowest BCUT2D eigenvalue weighted by atomic mass is 9.86. The maximum atomic E-state index is 4.78. The van der Waals surface area contributed by atoms with Gasteiger partial charge in [-0.2, -0.15) is 0 Å². The molecular formula is C14H26N2S. The SMILES string of the molecule is CC(C)NCc1csc(C(C(C)C)C(C)C)n1. The van der Waals surface area contributed by atoms with Crippen molar-refractivity contribution in [3.05, 3.63) is 16.1 Å². The Morgan fingerprint density at radius 2 is 1.71 bits per heavy atom. The van der Waals surface area contributed by atoms with Crippen molar-refractivity contribution in [1.29, 1.82) is 0 Å². The molecule has 1 N–H and O–H groups in total. The summed E-state index contributed by atoms with van der Waals surface area (Å²) in [6.07, 6.45) is 0. The minimum absolute atomic E-state index is 0.520. The fourth-order valence-corrected chi connectivity index (χ4v) is 3.47. The van der Waals surface area contributed by atoms with E-state index in [9.17, 15) is 0 Å². The quantitative estimate of drug-likeness (QED) is 0.829. The van der Waals surface area contributed by atoms with Crippen LogP contribution >= 0.6 is 11.3 Å². The second-order valence-electron chi connectivity index (χ2n) is 5.73. The zero-order valence-corrected chi connectivity index (χ0v) is 12.8. The average molecular weight is 254 g/mol. The van der Waals surface area contributed by atoms with Gasteiger partial charge in [0.1, 0.15) is 0 Å². The van der Waals surface area contributed by atoms with Gasteiger partial charge in [0.05, 0.1) is 10.7 Å². The van der Waals surface area contributed by atoms with Crippen molar-refractivity contribution >= 4 is 11.3 Å². The summed E-state index contributed by atoms with van der Waals surface area (Å²) in [5.74, 6) is 1.91. The molecule has 0 unspecified atom stereocenters. The first-order valence-corrected chi connectivity index (χ1v) is 7.47. The summed E-state index contributed by atoms with van der Waals surface area (Å²) >= 11 is 1.81. The molecule has 0 bridgehead atoms. The van der Waals surface area contributed by atoms with Gasteiger partial charge in [-0.3, -0.25) is 0 Å². The van der Waals surface area contributed by atoms with Crippen molar-refractivity contribution in [2.45, 2.75) is 60.0 Å². The third-order valence-corrected chi connectivity index (χ3v) is 3.98. The minimum Gasteiger partial charge on any atom is -0.309 e. The highest BCUT2D eigenvalue weighted by Crippen LogP contribution is 2.33. The topological polar surface area (TPSA) is 24.9 Å². The van der Waals surface area contributed by atoms with Crippen LogP contribution in [0.25, 0.3) is 0 Å². The Bertz CT molecular complexity index is 321. The van der Waals surface area contributed by atoms with Crippen LogP contribution in [0, 0.1) is 11.8 Å². The van der Waals surface area contributed by atoms with Crippen molar-refractivity contribution < 1.29 is 0 Å². The maximum Gasteiger partial charge on any atom is 0.0964 e. The van der Waals surface area contributed by atoms with Gasteiger partial charge in [-0.05, 0) is 11.8 Å². The lowest BCUT2D eigenvalue weighted by Crippen LogP contribution is -2.22. The fourth-order valence-electron chi connectivity index (χ4n) is 2.21. The summed E-state index contributed by atoms with van der Waals surface area (Å²) in [5.41, 5.74) is 1.19. The van der Waals surface area contributed by atoms with Crippen LogP contribution in [-0.2, 0) is 6.54 Å². The molecule has 1 aromatic rings. The first-order valence-electron chi connectivity index (χ1n) is 6.59. The van der Waals surface area contributed by atoms with Gasteiger partial charge in [-0.1, -0.05) is 41.5 Å². The summed E-state index contributed by atoms with van der Waals surface area (Å²) < 4.78 is 0. The predicted molar refractivity (Wildman–Crippen MR) is 76.5 cm³/mol. The van der Waals surface area contributed by atoms with Gasteiger partial charge < -0.3 is 5.32 Å². The highest BCUT2D eigenvalue weighted by molar-refractivity contribution is 7.09. The number of nitrogens with one attached hydrogen (secondary N) is 1. The van der Waals surface area contributed by atoms with Crippen molar-refractivity contribution in [2.24, 2.45) is 11.8 Å². The van der Waals surface area contributed by atoms with E-state index < -0.39 is 0 Å². The van der Waals surface area contributed by atoms with E-state index in [0.29, 0.717) is 23.8 Å². The van der Waals surface area contributed by atoms with Gasteiger partial charge >= 0.3 is 0 Å². The van der Waals surface area contributed by atoms with E-state index in [-0.39, 0.29) is 0 Å². The maximum absolute atomic E-state index is 4.78. The summed E-state index contributed by atoms with van der Waals surface area (Å²) in [4.78, 5) is 4.78. The van der Waals surface area contributed by atoms with Crippen LogP contribution in [0.1, 0.15) is 58.2 Å². The number of aromatic nitrogens is 1.